The van der Waals surface area contributed by atoms with Crippen LogP contribution < -0.4 is 11.5 Å². The summed E-state index contributed by atoms with van der Waals surface area (Å²) in [6, 6.07) is 0. The lowest BCUT2D eigenvalue weighted by atomic mass is 9.93. The molecule has 4 N–H and O–H groups in total. The molecule has 0 saturated carbocycles. The molecule has 0 amide bonds. The number of hydrogen-bond donors (Lipinski definition) is 2. The fourth-order valence-electron chi connectivity index (χ4n) is 2.36. The second kappa shape index (κ2) is 4.38. The van der Waals surface area contributed by atoms with Crippen molar-refractivity contribution in [2.24, 2.45) is 0 Å². The van der Waals surface area contributed by atoms with Crippen LogP contribution in [0.15, 0.2) is 12.4 Å². The highest BCUT2D eigenvalue weighted by atomic mass is 16.5. The van der Waals surface area contributed by atoms with Gasteiger partial charge < -0.3 is 16.2 Å². The molecule has 0 radical (unpaired) electrons. The number of rotatable bonds is 1. The monoisotopic (exact) mass is 245 g/mol. The van der Waals surface area contributed by atoms with Crippen molar-refractivity contribution in [2.75, 3.05) is 24.7 Å². The zero-order chi connectivity index (χ0) is 12.5. The predicted molar refractivity (Wildman–Crippen MR) is 69.0 cm³/mol. The first-order valence-corrected chi connectivity index (χ1v) is 6.00. The largest absolute Gasteiger partial charge is 0.383 e. The summed E-state index contributed by atoms with van der Waals surface area (Å²) in [6.45, 7) is 1.53. The van der Waals surface area contributed by atoms with Crippen molar-refractivity contribution in [3.8, 4) is 0 Å². The highest BCUT2D eigenvalue weighted by Gasteiger charge is 2.20. The lowest BCUT2D eigenvalue weighted by molar-refractivity contribution is 0.0807. The summed E-state index contributed by atoms with van der Waals surface area (Å²) in [5, 5.41) is 0.757. The summed E-state index contributed by atoms with van der Waals surface area (Å²) >= 11 is 0. The standard InChI is InChI=1S/C12H15N5O/c13-11-9-5-16-12(14)17-10(9)8(4-15-11)7-2-1-3-18-6-7/h4-5,7H,1-3,6H2,(H2,13,15)(H2,14,16,17). The number of nitrogens with two attached hydrogens (primary N) is 2. The van der Waals surface area contributed by atoms with Gasteiger partial charge in [-0.3, -0.25) is 0 Å². The van der Waals surface area contributed by atoms with Gasteiger partial charge in [-0.1, -0.05) is 0 Å². The quantitative estimate of drug-likeness (QED) is 0.779. The molecule has 1 atom stereocenters. The highest BCUT2D eigenvalue weighted by Crippen LogP contribution is 2.31. The molecule has 2 aromatic rings. The summed E-state index contributed by atoms with van der Waals surface area (Å²) in [6.07, 6.45) is 5.54. The molecule has 1 aliphatic heterocycles. The second-order valence-electron chi connectivity index (χ2n) is 4.50. The minimum atomic E-state index is 0.256. The van der Waals surface area contributed by atoms with Gasteiger partial charge in [-0.15, -0.1) is 0 Å². The van der Waals surface area contributed by atoms with Gasteiger partial charge >= 0.3 is 0 Å². The number of hydrogen-bond acceptors (Lipinski definition) is 6. The molecule has 1 aliphatic rings. The molecular formula is C12H15N5O. The van der Waals surface area contributed by atoms with Gasteiger partial charge in [0.1, 0.15) is 5.82 Å². The van der Waals surface area contributed by atoms with Gasteiger partial charge in [0.2, 0.25) is 5.95 Å². The molecule has 94 valence electrons. The summed E-state index contributed by atoms with van der Waals surface area (Å²) in [7, 11) is 0. The lowest BCUT2D eigenvalue weighted by Gasteiger charge is -2.23. The maximum absolute atomic E-state index is 5.84. The number of nitrogens with zero attached hydrogens (tertiary/aromatic N) is 3. The highest BCUT2D eigenvalue weighted by molar-refractivity contribution is 5.90. The molecule has 2 aromatic heterocycles. The van der Waals surface area contributed by atoms with Crippen LogP contribution in [0.1, 0.15) is 24.3 Å². The van der Waals surface area contributed by atoms with Crippen LogP contribution in [-0.4, -0.2) is 28.2 Å². The first kappa shape index (κ1) is 11.2. The molecule has 0 aliphatic carbocycles. The van der Waals surface area contributed by atoms with E-state index in [1.165, 1.54) is 0 Å². The molecule has 0 spiro atoms. The Kier molecular flexibility index (Phi) is 2.71. The number of nitrogen functional groups attached to an aromatic ring is 2. The van der Waals surface area contributed by atoms with Crippen LogP contribution in [-0.2, 0) is 4.74 Å². The van der Waals surface area contributed by atoms with E-state index in [9.17, 15) is 0 Å². The van der Waals surface area contributed by atoms with Crippen LogP contribution in [0, 0.1) is 0 Å². The Labute approximate surface area is 104 Å². The van der Waals surface area contributed by atoms with Crippen molar-refractivity contribution in [1.82, 2.24) is 15.0 Å². The van der Waals surface area contributed by atoms with Gasteiger partial charge in [0.25, 0.3) is 0 Å². The predicted octanol–water partition coefficient (Wildman–Crippen LogP) is 1.08. The molecule has 3 heterocycles. The van der Waals surface area contributed by atoms with E-state index in [0.717, 1.165) is 35.9 Å². The summed E-state index contributed by atoms with van der Waals surface area (Å²) < 4.78 is 5.51. The van der Waals surface area contributed by atoms with Gasteiger partial charge in [-0.05, 0) is 12.8 Å². The minimum absolute atomic E-state index is 0.256. The Morgan fingerprint density at radius 2 is 2.11 bits per heavy atom. The van der Waals surface area contributed by atoms with Crippen molar-refractivity contribution >= 4 is 22.7 Å². The fraction of sp³-hybridized carbons (Fsp3) is 0.417. The summed E-state index contributed by atoms with van der Waals surface area (Å²) in [4.78, 5) is 12.5. The number of ether oxygens (including phenoxy) is 1. The van der Waals surface area contributed by atoms with E-state index < -0.39 is 0 Å². The van der Waals surface area contributed by atoms with E-state index in [0.29, 0.717) is 18.3 Å². The van der Waals surface area contributed by atoms with Gasteiger partial charge in [-0.2, -0.15) is 0 Å². The molecule has 6 nitrogen and oxygen atoms in total. The van der Waals surface area contributed by atoms with Crippen molar-refractivity contribution in [2.45, 2.75) is 18.8 Å². The van der Waals surface area contributed by atoms with E-state index in [1.807, 2.05) is 0 Å². The molecule has 1 fully saturated rings. The van der Waals surface area contributed by atoms with E-state index in [4.69, 9.17) is 16.2 Å². The smallest absolute Gasteiger partial charge is 0.220 e. The molecule has 1 saturated heterocycles. The zero-order valence-electron chi connectivity index (χ0n) is 9.97. The van der Waals surface area contributed by atoms with Gasteiger partial charge in [0, 0.05) is 30.5 Å². The Morgan fingerprint density at radius 1 is 1.22 bits per heavy atom. The third-order valence-electron chi connectivity index (χ3n) is 3.30. The normalized spacial score (nSPS) is 20.1. The Bertz CT molecular complexity index is 580. The fourth-order valence-corrected chi connectivity index (χ4v) is 2.36. The van der Waals surface area contributed by atoms with Crippen molar-refractivity contribution < 1.29 is 4.74 Å². The first-order valence-electron chi connectivity index (χ1n) is 6.00. The second-order valence-corrected chi connectivity index (χ2v) is 4.50. The van der Waals surface area contributed by atoms with E-state index in [2.05, 4.69) is 15.0 Å². The molecule has 0 bridgehead atoms. The molecular weight excluding hydrogens is 230 g/mol. The first-order chi connectivity index (χ1) is 8.75. The van der Waals surface area contributed by atoms with Crippen molar-refractivity contribution in [3.05, 3.63) is 18.0 Å². The Hall–Kier alpha value is -1.95. The van der Waals surface area contributed by atoms with Crippen LogP contribution >= 0.6 is 0 Å². The maximum Gasteiger partial charge on any atom is 0.220 e. The number of fused-ring (bicyclic) bond motifs is 1. The van der Waals surface area contributed by atoms with Crippen LogP contribution in [0.2, 0.25) is 0 Å². The topological polar surface area (TPSA) is 99.9 Å². The number of aromatic nitrogens is 3. The lowest BCUT2D eigenvalue weighted by Crippen LogP contribution is -2.16. The number of anilines is 2. The zero-order valence-corrected chi connectivity index (χ0v) is 9.97. The Morgan fingerprint density at radius 3 is 2.89 bits per heavy atom. The third-order valence-corrected chi connectivity index (χ3v) is 3.30. The van der Waals surface area contributed by atoms with E-state index >= 15 is 0 Å². The average Bonchev–Trinajstić information content (AvgIpc) is 2.40. The van der Waals surface area contributed by atoms with Crippen molar-refractivity contribution in [3.63, 3.8) is 0 Å². The van der Waals surface area contributed by atoms with Gasteiger partial charge in [0.15, 0.2) is 0 Å². The molecule has 1 unspecified atom stereocenters. The minimum Gasteiger partial charge on any atom is -0.383 e. The number of pyridine rings is 1. The molecule has 18 heavy (non-hydrogen) atoms. The molecule has 3 rings (SSSR count). The Balaban J connectivity index is 2.16. The SMILES string of the molecule is Nc1ncc2c(N)ncc(C3CCCOC3)c2n1. The van der Waals surface area contributed by atoms with Gasteiger partial charge in [0.05, 0.1) is 17.5 Å². The summed E-state index contributed by atoms with van der Waals surface area (Å²) in [5.74, 6) is 1.00. The van der Waals surface area contributed by atoms with Crippen molar-refractivity contribution in [1.29, 1.82) is 0 Å². The maximum atomic E-state index is 5.84. The molecule has 0 aromatic carbocycles. The molecule has 6 heteroatoms. The average molecular weight is 245 g/mol. The van der Waals surface area contributed by atoms with Crippen LogP contribution in [0.4, 0.5) is 11.8 Å². The van der Waals surface area contributed by atoms with Crippen LogP contribution in [0.25, 0.3) is 10.9 Å². The van der Waals surface area contributed by atoms with E-state index in [-0.39, 0.29) is 5.95 Å². The van der Waals surface area contributed by atoms with Gasteiger partial charge in [-0.25, -0.2) is 15.0 Å². The third kappa shape index (κ3) is 1.84. The summed E-state index contributed by atoms with van der Waals surface area (Å²) in [5.41, 5.74) is 13.3. The van der Waals surface area contributed by atoms with Crippen LogP contribution in [0.5, 0.6) is 0 Å². The van der Waals surface area contributed by atoms with E-state index in [1.54, 1.807) is 12.4 Å². The van der Waals surface area contributed by atoms with Crippen LogP contribution in [0.3, 0.4) is 0 Å².